The maximum atomic E-state index is 5.98. The highest BCUT2D eigenvalue weighted by molar-refractivity contribution is 5.48. The molecule has 0 aromatic heterocycles. The molecule has 2 aromatic carbocycles. The highest BCUT2D eigenvalue weighted by atomic mass is 16.5. The molecule has 0 heterocycles. The van der Waals surface area contributed by atoms with Gasteiger partial charge in [-0.15, -0.1) is 0 Å². The summed E-state index contributed by atoms with van der Waals surface area (Å²) in [6.07, 6.45) is 0. The lowest BCUT2D eigenvalue weighted by Gasteiger charge is -2.14. The zero-order valence-corrected chi connectivity index (χ0v) is 13.1. The van der Waals surface area contributed by atoms with E-state index in [1.54, 1.807) is 7.11 Å². The number of methoxy groups -OCH3 is 1. The van der Waals surface area contributed by atoms with Gasteiger partial charge < -0.3 is 15.2 Å². The van der Waals surface area contributed by atoms with Gasteiger partial charge in [-0.2, -0.15) is 0 Å². The molecule has 0 saturated heterocycles. The number of nitrogens with two attached hydrogens (primary N) is 1. The number of benzene rings is 2. The Morgan fingerprint density at radius 3 is 2.48 bits per heavy atom. The van der Waals surface area contributed by atoms with Crippen molar-refractivity contribution in [1.82, 2.24) is 0 Å². The molecule has 0 radical (unpaired) electrons. The van der Waals surface area contributed by atoms with Crippen molar-refractivity contribution in [2.24, 2.45) is 0 Å². The van der Waals surface area contributed by atoms with E-state index in [2.05, 4.69) is 39.0 Å². The van der Waals surface area contributed by atoms with Crippen LogP contribution in [0, 0.1) is 6.92 Å². The molecule has 0 aliphatic heterocycles. The quantitative estimate of drug-likeness (QED) is 0.833. The Labute approximate surface area is 126 Å². The maximum absolute atomic E-state index is 5.98. The van der Waals surface area contributed by atoms with E-state index in [1.807, 2.05) is 18.2 Å². The SMILES string of the molecule is COc1cc(N)ccc1COc1cc(C(C)C)ccc1C. The van der Waals surface area contributed by atoms with Crippen molar-refractivity contribution in [1.29, 1.82) is 0 Å². The number of aryl methyl sites for hydroxylation is 1. The fraction of sp³-hybridized carbons (Fsp3) is 0.333. The van der Waals surface area contributed by atoms with E-state index in [-0.39, 0.29) is 0 Å². The maximum Gasteiger partial charge on any atom is 0.127 e. The van der Waals surface area contributed by atoms with Crippen LogP contribution in [0.4, 0.5) is 5.69 Å². The van der Waals surface area contributed by atoms with Crippen LogP contribution in [0.15, 0.2) is 36.4 Å². The third-order valence-electron chi connectivity index (χ3n) is 3.57. The standard InChI is InChI=1S/C18H23NO2/c1-12(2)14-6-5-13(3)17(9-14)21-11-15-7-8-16(19)10-18(15)20-4/h5-10,12H,11,19H2,1-4H3. The minimum Gasteiger partial charge on any atom is -0.496 e. The van der Waals surface area contributed by atoms with Gasteiger partial charge >= 0.3 is 0 Å². The van der Waals surface area contributed by atoms with Crippen molar-refractivity contribution in [3.63, 3.8) is 0 Å². The molecule has 0 aliphatic carbocycles. The van der Waals surface area contributed by atoms with Gasteiger partial charge in [0.1, 0.15) is 18.1 Å². The minimum absolute atomic E-state index is 0.464. The van der Waals surface area contributed by atoms with Gasteiger partial charge in [-0.25, -0.2) is 0 Å². The number of ether oxygens (including phenoxy) is 2. The Hall–Kier alpha value is -2.16. The van der Waals surface area contributed by atoms with Crippen LogP contribution in [-0.2, 0) is 6.61 Å². The molecule has 2 N–H and O–H groups in total. The summed E-state index contributed by atoms with van der Waals surface area (Å²) in [7, 11) is 1.64. The van der Waals surface area contributed by atoms with Gasteiger partial charge in [-0.1, -0.05) is 26.0 Å². The zero-order valence-electron chi connectivity index (χ0n) is 13.1. The van der Waals surface area contributed by atoms with Crippen LogP contribution in [0.5, 0.6) is 11.5 Å². The molecule has 0 fully saturated rings. The van der Waals surface area contributed by atoms with E-state index in [9.17, 15) is 0 Å². The van der Waals surface area contributed by atoms with Gasteiger partial charge in [0, 0.05) is 17.3 Å². The monoisotopic (exact) mass is 285 g/mol. The Kier molecular flexibility index (Phi) is 4.73. The highest BCUT2D eigenvalue weighted by Gasteiger charge is 2.08. The van der Waals surface area contributed by atoms with Gasteiger partial charge in [0.15, 0.2) is 0 Å². The summed E-state index contributed by atoms with van der Waals surface area (Å²) in [5.74, 6) is 2.16. The summed E-state index contributed by atoms with van der Waals surface area (Å²) >= 11 is 0. The first-order valence-corrected chi connectivity index (χ1v) is 7.17. The molecule has 21 heavy (non-hydrogen) atoms. The van der Waals surface area contributed by atoms with Gasteiger partial charge in [-0.3, -0.25) is 0 Å². The molecule has 3 heteroatoms. The zero-order chi connectivity index (χ0) is 15.4. The second kappa shape index (κ2) is 6.53. The van der Waals surface area contributed by atoms with Crippen molar-refractivity contribution in [2.75, 3.05) is 12.8 Å². The largest absolute Gasteiger partial charge is 0.496 e. The van der Waals surface area contributed by atoms with Gasteiger partial charge in [0.25, 0.3) is 0 Å². The normalized spacial score (nSPS) is 10.7. The van der Waals surface area contributed by atoms with Crippen LogP contribution in [0.1, 0.15) is 36.5 Å². The first-order chi connectivity index (χ1) is 10.0. The summed E-state index contributed by atoms with van der Waals surface area (Å²) < 4.78 is 11.3. The molecule has 2 aromatic rings. The molecule has 3 nitrogen and oxygen atoms in total. The Morgan fingerprint density at radius 1 is 1.05 bits per heavy atom. The van der Waals surface area contributed by atoms with E-state index in [0.29, 0.717) is 18.2 Å². The van der Waals surface area contributed by atoms with Crippen LogP contribution in [-0.4, -0.2) is 7.11 Å². The third kappa shape index (κ3) is 3.69. The van der Waals surface area contributed by atoms with Crippen molar-refractivity contribution < 1.29 is 9.47 Å². The van der Waals surface area contributed by atoms with E-state index >= 15 is 0 Å². The smallest absolute Gasteiger partial charge is 0.127 e. The predicted molar refractivity (Wildman–Crippen MR) is 87.0 cm³/mol. The topological polar surface area (TPSA) is 44.5 Å². The van der Waals surface area contributed by atoms with E-state index < -0.39 is 0 Å². The molecule has 0 atom stereocenters. The number of nitrogen functional groups attached to an aromatic ring is 1. The Bertz CT molecular complexity index is 621. The van der Waals surface area contributed by atoms with Gasteiger partial charge in [-0.05, 0) is 42.2 Å². The van der Waals surface area contributed by atoms with Crippen molar-refractivity contribution >= 4 is 5.69 Å². The molecule has 0 spiro atoms. The molecular weight excluding hydrogens is 262 g/mol. The number of anilines is 1. The van der Waals surface area contributed by atoms with Gasteiger partial charge in [0.2, 0.25) is 0 Å². The first kappa shape index (κ1) is 15.2. The summed E-state index contributed by atoms with van der Waals surface area (Å²) in [5.41, 5.74) is 9.85. The van der Waals surface area contributed by atoms with Crippen molar-refractivity contribution in [2.45, 2.75) is 33.3 Å². The lowest BCUT2D eigenvalue weighted by molar-refractivity contribution is 0.294. The average Bonchev–Trinajstić information content (AvgIpc) is 2.47. The number of rotatable bonds is 5. The highest BCUT2D eigenvalue weighted by Crippen LogP contribution is 2.27. The second-order valence-corrected chi connectivity index (χ2v) is 5.54. The van der Waals surface area contributed by atoms with Crippen molar-refractivity contribution in [3.05, 3.63) is 53.1 Å². The fourth-order valence-electron chi connectivity index (χ4n) is 2.17. The summed E-state index contributed by atoms with van der Waals surface area (Å²) in [5, 5.41) is 0. The summed E-state index contributed by atoms with van der Waals surface area (Å²) in [4.78, 5) is 0. The predicted octanol–water partition coefficient (Wildman–Crippen LogP) is 4.29. The summed E-state index contributed by atoms with van der Waals surface area (Å²) in [6.45, 7) is 6.88. The Morgan fingerprint density at radius 2 is 1.81 bits per heavy atom. The van der Waals surface area contributed by atoms with Crippen molar-refractivity contribution in [3.8, 4) is 11.5 Å². The number of hydrogen-bond acceptors (Lipinski definition) is 3. The van der Waals surface area contributed by atoms with Crippen LogP contribution in [0.25, 0.3) is 0 Å². The second-order valence-electron chi connectivity index (χ2n) is 5.54. The minimum atomic E-state index is 0.464. The third-order valence-corrected chi connectivity index (χ3v) is 3.57. The molecule has 0 unspecified atom stereocenters. The molecule has 0 aliphatic rings. The first-order valence-electron chi connectivity index (χ1n) is 7.17. The molecule has 2 rings (SSSR count). The van der Waals surface area contributed by atoms with Crippen LogP contribution >= 0.6 is 0 Å². The average molecular weight is 285 g/mol. The fourth-order valence-corrected chi connectivity index (χ4v) is 2.17. The van der Waals surface area contributed by atoms with Crippen LogP contribution < -0.4 is 15.2 Å². The Balaban J connectivity index is 2.18. The molecule has 0 bridgehead atoms. The van der Waals surface area contributed by atoms with E-state index in [1.165, 1.54) is 5.56 Å². The number of hydrogen-bond donors (Lipinski definition) is 1. The van der Waals surface area contributed by atoms with E-state index in [0.717, 1.165) is 22.6 Å². The molecular formula is C18H23NO2. The molecule has 0 saturated carbocycles. The molecule has 0 amide bonds. The van der Waals surface area contributed by atoms with Gasteiger partial charge in [0.05, 0.1) is 7.11 Å². The lowest BCUT2D eigenvalue weighted by Crippen LogP contribution is -2.01. The lowest BCUT2D eigenvalue weighted by atomic mass is 10.0. The molecule has 112 valence electrons. The van der Waals surface area contributed by atoms with Crippen LogP contribution in [0.2, 0.25) is 0 Å². The van der Waals surface area contributed by atoms with Crippen LogP contribution in [0.3, 0.4) is 0 Å². The van der Waals surface area contributed by atoms with E-state index in [4.69, 9.17) is 15.2 Å². The summed E-state index contributed by atoms with van der Waals surface area (Å²) in [6, 6.07) is 12.0.